The van der Waals surface area contributed by atoms with Gasteiger partial charge in [0.2, 0.25) is 5.88 Å². The molecule has 0 spiro atoms. The summed E-state index contributed by atoms with van der Waals surface area (Å²) in [6.07, 6.45) is 3.79. The quantitative estimate of drug-likeness (QED) is 0.255. The molecule has 2 N–H and O–H groups in total. The van der Waals surface area contributed by atoms with E-state index < -0.39 is 0 Å². The molecule has 0 aromatic carbocycles. The maximum absolute atomic E-state index is 12.0. The highest BCUT2D eigenvalue weighted by molar-refractivity contribution is 7.13. The summed E-state index contributed by atoms with van der Waals surface area (Å²) in [7, 11) is 1.71. The van der Waals surface area contributed by atoms with Gasteiger partial charge in [0, 0.05) is 25.4 Å². The average molecular weight is 434 g/mol. The molecule has 0 amide bonds. The molecule has 0 aliphatic heterocycles. The van der Waals surface area contributed by atoms with Crippen LogP contribution in [0, 0.1) is 6.92 Å². The van der Waals surface area contributed by atoms with E-state index >= 15 is 0 Å². The van der Waals surface area contributed by atoms with E-state index in [1.54, 1.807) is 20.2 Å². The lowest BCUT2D eigenvalue weighted by molar-refractivity contribution is 0.0531. The fourth-order valence-corrected chi connectivity index (χ4v) is 3.59. The van der Waals surface area contributed by atoms with Crippen LogP contribution in [0.2, 0.25) is 0 Å². The molecule has 2 heterocycles. The first-order valence-electron chi connectivity index (χ1n) is 10.2. The van der Waals surface area contributed by atoms with Crippen molar-refractivity contribution >= 4 is 23.3 Å². The summed E-state index contributed by atoms with van der Waals surface area (Å²) < 4.78 is 10.9. The van der Waals surface area contributed by atoms with Gasteiger partial charge in [0.15, 0.2) is 5.96 Å². The molecule has 1 unspecified atom stereocenters. The first-order valence-corrected chi connectivity index (χ1v) is 11.0. The summed E-state index contributed by atoms with van der Waals surface area (Å²) >= 11 is 1.34. The van der Waals surface area contributed by atoms with E-state index in [9.17, 15) is 4.79 Å². The molecule has 164 valence electrons. The second kappa shape index (κ2) is 12.1. The normalized spacial score (nSPS) is 12.4. The number of hydrogen-bond donors (Lipinski definition) is 2. The first kappa shape index (κ1) is 23.6. The van der Waals surface area contributed by atoms with Gasteiger partial charge in [-0.2, -0.15) is 0 Å². The highest BCUT2D eigenvalue weighted by Crippen LogP contribution is 2.24. The van der Waals surface area contributed by atoms with Gasteiger partial charge in [-0.3, -0.25) is 4.99 Å². The van der Waals surface area contributed by atoms with Crippen molar-refractivity contribution in [1.29, 1.82) is 0 Å². The first-order chi connectivity index (χ1) is 14.5. The van der Waals surface area contributed by atoms with Crippen molar-refractivity contribution in [2.45, 2.75) is 53.1 Å². The monoisotopic (exact) mass is 433 g/mol. The van der Waals surface area contributed by atoms with Crippen LogP contribution in [0.3, 0.4) is 0 Å². The third kappa shape index (κ3) is 6.69. The number of aryl methyl sites for hydroxylation is 1. The molecular formula is C21H31N5O3S. The van der Waals surface area contributed by atoms with E-state index in [0.717, 1.165) is 23.4 Å². The molecular weight excluding hydrogens is 402 g/mol. The SMILES string of the molecule is CCCCOc1ncccc1CNC(=NC)NC(C)c1nc(C)c(C(=O)OCC)s1. The number of ether oxygens (including phenoxy) is 2. The second-order valence-corrected chi connectivity index (χ2v) is 7.68. The molecule has 2 aromatic heterocycles. The van der Waals surface area contributed by atoms with Crippen LogP contribution < -0.4 is 15.4 Å². The largest absolute Gasteiger partial charge is 0.477 e. The Hall–Kier alpha value is -2.68. The lowest BCUT2D eigenvalue weighted by atomic mass is 10.2. The van der Waals surface area contributed by atoms with Crippen LogP contribution in [0.4, 0.5) is 0 Å². The molecule has 1 atom stereocenters. The van der Waals surface area contributed by atoms with E-state index in [1.165, 1.54) is 11.3 Å². The van der Waals surface area contributed by atoms with Gasteiger partial charge in [-0.1, -0.05) is 19.4 Å². The number of carbonyl (C=O) groups is 1. The van der Waals surface area contributed by atoms with Gasteiger partial charge in [-0.25, -0.2) is 14.8 Å². The summed E-state index contributed by atoms with van der Waals surface area (Å²) in [6.45, 7) is 9.22. The molecule has 0 saturated carbocycles. The minimum absolute atomic E-state index is 0.128. The summed E-state index contributed by atoms with van der Waals surface area (Å²) in [4.78, 5) is 25.7. The van der Waals surface area contributed by atoms with E-state index in [4.69, 9.17) is 9.47 Å². The number of pyridine rings is 1. The van der Waals surface area contributed by atoms with Crippen LogP contribution in [-0.4, -0.2) is 42.2 Å². The highest BCUT2D eigenvalue weighted by atomic mass is 32.1. The van der Waals surface area contributed by atoms with Crippen molar-refractivity contribution < 1.29 is 14.3 Å². The predicted octanol–water partition coefficient (Wildman–Crippen LogP) is 3.63. The fraction of sp³-hybridized carbons (Fsp3) is 0.524. The minimum Gasteiger partial charge on any atom is -0.477 e. The van der Waals surface area contributed by atoms with Crippen LogP contribution in [0.5, 0.6) is 5.88 Å². The molecule has 0 saturated heterocycles. The van der Waals surface area contributed by atoms with E-state index in [0.29, 0.717) is 42.2 Å². The minimum atomic E-state index is -0.333. The van der Waals surface area contributed by atoms with Gasteiger partial charge in [0.25, 0.3) is 0 Å². The van der Waals surface area contributed by atoms with E-state index in [1.807, 2.05) is 26.0 Å². The number of hydrogen-bond acceptors (Lipinski definition) is 7. The van der Waals surface area contributed by atoms with Gasteiger partial charge in [0.1, 0.15) is 9.88 Å². The number of unbranched alkanes of at least 4 members (excludes halogenated alkanes) is 1. The number of rotatable bonds is 10. The number of esters is 1. The van der Waals surface area contributed by atoms with Gasteiger partial charge in [-0.05, 0) is 33.3 Å². The van der Waals surface area contributed by atoms with Crippen molar-refractivity contribution in [1.82, 2.24) is 20.6 Å². The lowest BCUT2D eigenvalue weighted by Gasteiger charge is -2.17. The van der Waals surface area contributed by atoms with Gasteiger partial charge >= 0.3 is 5.97 Å². The zero-order chi connectivity index (χ0) is 21.9. The van der Waals surface area contributed by atoms with Crippen molar-refractivity contribution in [2.75, 3.05) is 20.3 Å². The Morgan fingerprint density at radius 2 is 2.17 bits per heavy atom. The Labute approximate surface area is 182 Å². The molecule has 8 nitrogen and oxygen atoms in total. The van der Waals surface area contributed by atoms with Crippen LogP contribution in [0.1, 0.15) is 65.6 Å². The molecule has 0 bridgehead atoms. The Bertz CT molecular complexity index is 853. The number of carbonyl (C=O) groups excluding carboxylic acids is 1. The molecule has 2 aromatic rings. The topological polar surface area (TPSA) is 97.7 Å². The molecule has 0 fully saturated rings. The molecule has 0 aliphatic rings. The molecule has 2 rings (SSSR count). The standard InChI is InChI=1S/C21H31N5O3S/c1-6-8-12-29-18-16(10-9-11-23-18)13-24-21(22-5)26-15(4)19-25-14(3)17(30-19)20(27)28-7-2/h9-11,15H,6-8,12-13H2,1-5H3,(H2,22,24,26). The maximum atomic E-state index is 12.0. The van der Waals surface area contributed by atoms with Crippen LogP contribution in [-0.2, 0) is 11.3 Å². The Morgan fingerprint density at radius 1 is 1.37 bits per heavy atom. The van der Waals surface area contributed by atoms with Gasteiger partial charge < -0.3 is 20.1 Å². The third-order valence-corrected chi connectivity index (χ3v) is 5.57. The molecule has 0 radical (unpaired) electrons. The number of guanidine groups is 1. The second-order valence-electron chi connectivity index (χ2n) is 6.65. The van der Waals surface area contributed by atoms with Crippen molar-refractivity contribution in [3.05, 3.63) is 39.5 Å². The van der Waals surface area contributed by atoms with E-state index in [2.05, 4.69) is 32.5 Å². The summed E-state index contributed by atoms with van der Waals surface area (Å²) in [5, 5.41) is 7.39. The van der Waals surface area contributed by atoms with Crippen molar-refractivity contribution in [3.63, 3.8) is 0 Å². The van der Waals surface area contributed by atoms with Crippen LogP contribution in [0.15, 0.2) is 23.3 Å². The molecule has 9 heteroatoms. The summed E-state index contributed by atoms with van der Waals surface area (Å²) in [5.41, 5.74) is 1.63. The Morgan fingerprint density at radius 3 is 2.87 bits per heavy atom. The van der Waals surface area contributed by atoms with Gasteiger partial charge in [-0.15, -0.1) is 11.3 Å². The zero-order valence-corrected chi connectivity index (χ0v) is 19.1. The lowest BCUT2D eigenvalue weighted by Crippen LogP contribution is -2.38. The zero-order valence-electron chi connectivity index (χ0n) is 18.3. The Balaban J connectivity index is 1.98. The maximum Gasteiger partial charge on any atom is 0.350 e. The predicted molar refractivity (Wildman–Crippen MR) is 119 cm³/mol. The van der Waals surface area contributed by atoms with Crippen LogP contribution >= 0.6 is 11.3 Å². The number of aromatic nitrogens is 2. The third-order valence-electron chi connectivity index (χ3n) is 4.25. The number of aliphatic imine (C=N–C) groups is 1. The van der Waals surface area contributed by atoms with Crippen molar-refractivity contribution in [2.24, 2.45) is 4.99 Å². The summed E-state index contributed by atoms with van der Waals surface area (Å²) in [5.74, 6) is 0.925. The fourth-order valence-electron chi connectivity index (χ4n) is 2.63. The van der Waals surface area contributed by atoms with Crippen LogP contribution in [0.25, 0.3) is 0 Å². The highest BCUT2D eigenvalue weighted by Gasteiger charge is 2.20. The Kier molecular flexibility index (Phi) is 9.53. The van der Waals surface area contributed by atoms with E-state index in [-0.39, 0.29) is 12.0 Å². The van der Waals surface area contributed by atoms with Gasteiger partial charge in [0.05, 0.1) is 24.9 Å². The molecule has 30 heavy (non-hydrogen) atoms. The molecule has 0 aliphatic carbocycles. The number of thiazole rings is 1. The van der Waals surface area contributed by atoms with Crippen molar-refractivity contribution in [3.8, 4) is 5.88 Å². The smallest absolute Gasteiger partial charge is 0.350 e. The average Bonchev–Trinajstić information content (AvgIpc) is 3.14. The number of nitrogens with zero attached hydrogens (tertiary/aromatic N) is 3. The number of nitrogens with one attached hydrogen (secondary N) is 2. The summed E-state index contributed by atoms with van der Waals surface area (Å²) in [6, 6.07) is 3.74.